The normalized spacial score (nSPS) is 18.4. The number of nitrogens with zero attached hydrogens (tertiary/aromatic N) is 1. The van der Waals surface area contributed by atoms with Gasteiger partial charge in [0.25, 0.3) is 5.19 Å². The highest BCUT2D eigenvalue weighted by Gasteiger charge is 2.19. The number of thiazole rings is 1. The van der Waals surface area contributed by atoms with E-state index in [1.54, 1.807) is 6.20 Å². The van der Waals surface area contributed by atoms with Crippen LogP contribution in [-0.2, 0) is 0 Å². The number of hydrogen-bond donors (Lipinski definition) is 0. The lowest BCUT2D eigenvalue weighted by atomic mass is 9.96. The Hall–Kier alpha value is -0.570. The zero-order valence-electron chi connectivity index (χ0n) is 5.54. The van der Waals surface area contributed by atoms with Gasteiger partial charge in [-0.25, -0.2) is 4.98 Å². The van der Waals surface area contributed by atoms with E-state index in [-0.39, 0.29) is 0 Å². The van der Waals surface area contributed by atoms with Gasteiger partial charge in [-0.15, -0.1) is 0 Å². The number of hydrogen-bond acceptors (Lipinski definition) is 3. The minimum Gasteiger partial charge on any atom is -0.467 e. The summed E-state index contributed by atoms with van der Waals surface area (Å²) in [5.74, 6) is 0. The summed E-state index contributed by atoms with van der Waals surface area (Å²) in [7, 11) is 0. The molecule has 1 radical (unpaired) electrons. The standard InChI is InChI=1S/C7H8NOS/c1-2-6(3-1)9-7-8-4-5-10-7/h4,6H,1-3H2. The molecule has 0 aromatic carbocycles. The van der Waals surface area contributed by atoms with Crippen molar-refractivity contribution in [1.29, 1.82) is 0 Å². The minimum absolute atomic E-state index is 0.444. The molecule has 10 heavy (non-hydrogen) atoms. The molecule has 1 saturated carbocycles. The SMILES string of the molecule is [c]1cnc(OC2CCC2)s1. The first kappa shape index (κ1) is 6.16. The van der Waals surface area contributed by atoms with Gasteiger partial charge in [-0.05, 0) is 19.3 Å². The van der Waals surface area contributed by atoms with Crippen LogP contribution >= 0.6 is 11.3 Å². The third kappa shape index (κ3) is 1.14. The average Bonchev–Trinajstić information content (AvgIpc) is 2.29. The Morgan fingerprint density at radius 1 is 1.70 bits per heavy atom. The van der Waals surface area contributed by atoms with Crippen molar-refractivity contribution in [2.75, 3.05) is 0 Å². The van der Waals surface area contributed by atoms with Crippen LogP contribution < -0.4 is 4.74 Å². The first-order valence-electron chi connectivity index (χ1n) is 3.44. The summed E-state index contributed by atoms with van der Waals surface area (Å²) >= 11 is 1.44. The molecule has 0 N–H and O–H groups in total. The molecule has 0 unspecified atom stereocenters. The van der Waals surface area contributed by atoms with Crippen LogP contribution in [0, 0.1) is 5.38 Å². The van der Waals surface area contributed by atoms with Crippen LogP contribution in [0.3, 0.4) is 0 Å². The van der Waals surface area contributed by atoms with E-state index in [1.807, 2.05) is 0 Å². The van der Waals surface area contributed by atoms with Gasteiger partial charge in [-0.1, -0.05) is 11.3 Å². The van der Waals surface area contributed by atoms with E-state index in [0.29, 0.717) is 6.10 Å². The van der Waals surface area contributed by atoms with Gasteiger partial charge in [-0.3, -0.25) is 0 Å². The van der Waals surface area contributed by atoms with Crippen molar-refractivity contribution >= 4 is 11.3 Å². The van der Waals surface area contributed by atoms with Crippen molar-refractivity contribution in [2.24, 2.45) is 0 Å². The molecule has 0 atom stereocenters. The summed E-state index contributed by atoms with van der Waals surface area (Å²) in [5, 5.41) is 3.66. The van der Waals surface area contributed by atoms with Crippen LogP contribution in [-0.4, -0.2) is 11.1 Å². The summed E-state index contributed by atoms with van der Waals surface area (Å²) in [6, 6.07) is 0. The maximum absolute atomic E-state index is 5.47. The smallest absolute Gasteiger partial charge is 0.274 e. The summed E-state index contributed by atoms with van der Waals surface area (Å²) in [5.41, 5.74) is 0. The fourth-order valence-electron chi connectivity index (χ4n) is 0.868. The second-order valence-electron chi connectivity index (χ2n) is 2.41. The van der Waals surface area contributed by atoms with Crippen molar-refractivity contribution in [3.63, 3.8) is 0 Å². The molecule has 1 aromatic rings. The molecule has 1 aliphatic carbocycles. The topological polar surface area (TPSA) is 22.1 Å². The Kier molecular flexibility index (Phi) is 1.59. The van der Waals surface area contributed by atoms with Gasteiger partial charge in [0.1, 0.15) is 6.10 Å². The average molecular weight is 154 g/mol. The fraction of sp³-hybridized carbons (Fsp3) is 0.571. The van der Waals surface area contributed by atoms with E-state index in [4.69, 9.17) is 4.74 Å². The van der Waals surface area contributed by atoms with Crippen molar-refractivity contribution in [1.82, 2.24) is 4.98 Å². The van der Waals surface area contributed by atoms with Crippen LogP contribution in [0.25, 0.3) is 0 Å². The molecule has 1 aromatic heterocycles. The molecule has 1 aliphatic rings. The van der Waals surface area contributed by atoms with E-state index in [0.717, 1.165) is 5.19 Å². The lowest BCUT2D eigenvalue weighted by Gasteiger charge is -2.24. The van der Waals surface area contributed by atoms with Gasteiger partial charge in [-0.2, -0.15) is 0 Å². The van der Waals surface area contributed by atoms with Crippen LogP contribution in [0.15, 0.2) is 6.20 Å². The molecule has 3 heteroatoms. The number of rotatable bonds is 2. The fourth-order valence-corrected chi connectivity index (χ4v) is 1.36. The molecule has 53 valence electrons. The molecule has 0 spiro atoms. The number of aromatic nitrogens is 1. The zero-order chi connectivity index (χ0) is 6.81. The first-order valence-corrected chi connectivity index (χ1v) is 4.25. The summed E-state index contributed by atoms with van der Waals surface area (Å²) in [6.45, 7) is 0. The van der Waals surface area contributed by atoms with Crippen molar-refractivity contribution in [3.05, 3.63) is 11.6 Å². The molecule has 0 aliphatic heterocycles. The van der Waals surface area contributed by atoms with Crippen molar-refractivity contribution < 1.29 is 4.74 Å². The Bertz CT molecular complexity index is 193. The molecule has 0 amide bonds. The summed E-state index contributed by atoms with van der Waals surface area (Å²) in [4.78, 5) is 3.98. The van der Waals surface area contributed by atoms with E-state index in [1.165, 1.54) is 30.6 Å². The third-order valence-corrected chi connectivity index (χ3v) is 2.29. The quantitative estimate of drug-likeness (QED) is 0.648. The first-order chi connectivity index (χ1) is 4.95. The third-order valence-electron chi connectivity index (χ3n) is 1.69. The van der Waals surface area contributed by atoms with Gasteiger partial charge < -0.3 is 4.74 Å². The summed E-state index contributed by atoms with van der Waals surface area (Å²) < 4.78 is 5.47. The molecule has 2 rings (SSSR count). The highest BCUT2D eigenvalue weighted by Crippen LogP contribution is 2.25. The van der Waals surface area contributed by atoms with E-state index in [9.17, 15) is 0 Å². The lowest BCUT2D eigenvalue weighted by Crippen LogP contribution is -2.24. The second kappa shape index (κ2) is 2.58. The monoisotopic (exact) mass is 154 g/mol. The Morgan fingerprint density at radius 3 is 3.10 bits per heavy atom. The van der Waals surface area contributed by atoms with Gasteiger partial charge in [0, 0.05) is 0 Å². The maximum Gasteiger partial charge on any atom is 0.274 e. The van der Waals surface area contributed by atoms with Crippen LogP contribution in [0.5, 0.6) is 5.19 Å². The van der Waals surface area contributed by atoms with Crippen molar-refractivity contribution in [2.45, 2.75) is 25.4 Å². The van der Waals surface area contributed by atoms with E-state index >= 15 is 0 Å². The van der Waals surface area contributed by atoms with Crippen molar-refractivity contribution in [3.8, 4) is 5.19 Å². The highest BCUT2D eigenvalue weighted by atomic mass is 32.1. The molecule has 0 bridgehead atoms. The second-order valence-corrected chi connectivity index (χ2v) is 3.20. The molecule has 1 heterocycles. The predicted octanol–water partition coefficient (Wildman–Crippen LogP) is 1.87. The number of ether oxygens (including phenoxy) is 1. The van der Waals surface area contributed by atoms with Crippen LogP contribution in [0.2, 0.25) is 0 Å². The molecule has 0 saturated heterocycles. The lowest BCUT2D eigenvalue weighted by molar-refractivity contribution is 0.120. The maximum atomic E-state index is 5.47. The van der Waals surface area contributed by atoms with Gasteiger partial charge in [0.05, 0.1) is 11.6 Å². The van der Waals surface area contributed by atoms with Crippen LogP contribution in [0.1, 0.15) is 19.3 Å². The summed E-state index contributed by atoms with van der Waals surface area (Å²) in [6.07, 6.45) is 5.79. The van der Waals surface area contributed by atoms with Gasteiger partial charge in [0.2, 0.25) is 0 Å². The van der Waals surface area contributed by atoms with Crippen LogP contribution in [0.4, 0.5) is 0 Å². The van der Waals surface area contributed by atoms with Gasteiger partial charge in [0.15, 0.2) is 0 Å². The van der Waals surface area contributed by atoms with Gasteiger partial charge >= 0.3 is 0 Å². The Morgan fingerprint density at radius 2 is 2.60 bits per heavy atom. The molecular formula is C7H8NOS. The Labute approximate surface area is 63.9 Å². The zero-order valence-corrected chi connectivity index (χ0v) is 6.36. The van der Waals surface area contributed by atoms with E-state index < -0.39 is 0 Å². The van der Waals surface area contributed by atoms with E-state index in [2.05, 4.69) is 10.4 Å². The highest BCUT2D eigenvalue weighted by molar-refractivity contribution is 7.10. The molecule has 2 nitrogen and oxygen atoms in total. The molecule has 1 fully saturated rings. The molecular weight excluding hydrogens is 146 g/mol. The minimum atomic E-state index is 0.444. The largest absolute Gasteiger partial charge is 0.467 e. The predicted molar refractivity (Wildman–Crippen MR) is 39.2 cm³/mol. The Balaban J connectivity index is 1.90.